The molecule has 0 saturated heterocycles. The number of rotatable bonds is 6. The Morgan fingerprint density at radius 2 is 1.78 bits per heavy atom. The smallest absolute Gasteiger partial charge is 0.158 e. The van der Waals surface area contributed by atoms with Crippen LogP contribution >= 0.6 is 11.6 Å². The maximum Gasteiger partial charge on any atom is 0.158 e. The molecular weight excluding hydrogens is 270 g/mol. The zero-order valence-electron chi connectivity index (χ0n) is 11.0. The van der Waals surface area contributed by atoms with Crippen molar-refractivity contribution in [1.82, 2.24) is 5.32 Å². The second-order valence-electron chi connectivity index (χ2n) is 4.49. The molecular formula is C13H20ClNO2S. The van der Waals surface area contributed by atoms with Crippen molar-refractivity contribution in [2.24, 2.45) is 0 Å². The molecule has 0 spiro atoms. The Morgan fingerprint density at radius 1 is 1.22 bits per heavy atom. The predicted octanol–water partition coefficient (Wildman–Crippen LogP) is 2.64. The van der Waals surface area contributed by atoms with Gasteiger partial charge < -0.3 is 5.32 Å². The molecule has 1 N–H and O–H groups in total. The maximum absolute atomic E-state index is 12.2. The first-order valence-corrected chi connectivity index (χ1v) is 8.15. The Hall–Kier alpha value is -0.580. The fourth-order valence-electron chi connectivity index (χ4n) is 1.74. The van der Waals surface area contributed by atoms with E-state index < -0.39 is 15.1 Å². The van der Waals surface area contributed by atoms with Gasteiger partial charge >= 0.3 is 0 Å². The van der Waals surface area contributed by atoms with Crippen LogP contribution in [0.15, 0.2) is 24.3 Å². The molecule has 0 saturated carbocycles. The lowest BCUT2D eigenvalue weighted by atomic mass is 10.2. The first-order chi connectivity index (χ1) is 8.36. The van der Waals surface area contributed by atoms with Gasteiger partial charge in [0.15, 0.2) is 9.84 Å². The van der Waals surface area contributed by atoms with Crippen LogP contribution < -0.4 is 5.32 Å². The minimum atomic E-state index is -3.15. The number of benzene rings is 1. The van der Waals surface area contributed by atoms with E-state index in [0.717, 1.165) is 12.1 Å². The highest BCUT2D eigenvalue weighted by Crippen LogP contribution is 2.16. The quantitative estimate of drug-likeness (QED) is 0.876. The van der Waals surface area contributed by atoms with Crippen molar-refractivity contribution in [3.63, 3.8) is 0 Å². The summed E-state index contributed by atoms with van der Waals surface area (Å²) in [5.74, 6) is 0.0566. The van der Waals surface area contributed by atoms with Crippen LogP contribution in [0.1, 0.15) is 26.3 Å². The fraction of sp³-hybridized carbons (Fsp3) is 0.538. The molecule has 1 rings (SSSR count). The van der Waals surface area contributed by atoms with E-state index in [1.807, 2.05) is 13.8 Å². The van der Waals surface area contributed by atoms with Gasteiger partial charge in [-0.05, 0) is 38.1 Å². The van der Waals surface area contributed by atoms with Gasteiger partial charge in [-0.3, -0.25) is 0 Å². The highest BCUT2D eigenvalue weighted by molar-refractivity contribution is 7.91. The molecule has 2 unspecified atom stereocenters. The van der Waals surface area contributed by atoms with Crippen LogP contribution in [0, 0.1) is 0 Å². The number of nitrogens with one attached hydrogen (secondary N) is 1. The van der Waals surface area contributed by atoms with Crippen molar-refractivity contribution in [1.29, 1.82) is 0 Å². The first kappa shape index (κ1) is 15.5. The van der Waals surface area contributed by atoms with Crippen molar-refractivity contribution < 1.29 is 8.42 Å². The molecule has 0 heterocycles. The van der Waals surface area contributed by atoms with Gasteiger partial charge in [-0.15, -0.1) is 0 Å². The van der Waals surface area contributed by atoms with E-state index in [1.54, 1.807) is 31.2 Å². The van der Waals surface area contributed by atoms with Crippen molar-refractivity contribution >= 4 is 21.4 Å². The molecule has 1 aromatic carbocycles. The highest BCUT2D eigenvalue weighted by atomic mass is 35.5. The summed E-state index contributed by atoms with van der Waals surface area (Å²) in [4.78, 5) is 0. The SMILES string of the molecule is CCNC(C)C(C)S(=O)(=O)Cc1ccc(Cl)cc1. The predicted molar refractivity (Wildman–Crippen MR) is 76.7 cm³/mol. The highest BCUT2D eigenvalue weighted by Gasteiger charge is 2.26. The van der Waals surface area contributed by atoms with Gasteiger partial charge in [-0.2, -0.15) is 0 Å². The summed E-state index contributed by atoms with van der Waals surface area (Å²) in [6.07, 6.45) is 0. The molecule has 0 aliphatic rings. The molecule has 0 aromatic heterocycles. The van der Waals surface area contributed by atoms with Crippen LogP contribution in [-0.4, -0.2) is 26.3 Å². The van der Waals surface area contributed by atoms with Gasteiger partial charge in [0.25, 0.3) is 0 Å². The Kier molecular flexibility index (Phi) is 5.63. The lowest BCUT2D eigenvalue weighted by Crippen LogP contribution is -2.40. The summed E-state index contributed by atoms with van der Waals surface area (Å²) in [6.45, 7) is 6.38. The van der Waals surface area contributed by atoms with Gasteiger partial charge in [-0.1, -0.05) is 30.7 Å². The number of halogens is 1. The lowest BCUT2D eigenvalue weighted by Gasteiger charge is -2.21. The van der Waals surface area contributed by atoms with E-state index >= 15 is 0 Å². The third kappa shape index (κ3) is 4.26. The fourth-order valence-corrected chi connectivity index (χ4v) is 3.51. The largest absolute Gasteiger partial charge is 0.313 e. The zero-order chi connectivity index (χ0) is 13.8. The van der Waals surface area contributed by atoms with Crippen LogP contribution in [0.4, 0.5) is 0 Å². The average molecular weight is 290 g/mol. The molecule has 0 aliphatic heterocycles. The van der Waals surface area contributed by atoms with E-state index in [2.05, 4.69) is 5.32 Å². The molecule has 2 atom stereocenters. The van der Waals surface area contributed by atoms with Crippen LogP contribution in [0.25, 0.3) is 0 Å². The Balaban J connectivity index is 2.78. The monoisotopic (exact) mass is 289 g/mol. The molecule has 0 bridgehead atoms. The van der Waals surface area contributed by atoms with Gasteiger partial charge in [0.1, 0.15) is 0 Å². The Labute approximate surface area is 114 Å². The molecule has 0 radical (unpaired) electrons. The van der Waals surface area contributed by atoms with Crippen LogP contribution in [0.5, 0.6) is 0 Å². The number of hydrogen-bond acceptors (Lipinski definition) is 3. The first-order valence-electron chi connectivity index (χ1n) is 6.06. The summed E-state index contributed by atoms with van der Waals surface area (Å²) in [7, 11) is -3.15. The summed E-state index contributed by atoms with van der Waals surface area (Å²) >= 11 is 5.78. The van der Waals surface area contributed by atoms with E-state index in [-0.39, 0.29) is 11.8 Å². The van der Waals surface area contributed by atoms with Crippen LogP contribution in [0.3, 0.4) is 0 Å². The van der Waals surface area contributed by atoms with Gasteiger partial charge in [0, 0.05) is 11.1 Å². The standard InChI is InChI=1S/C13H20ClNO2S/c1-4-15-10(2)11(3)18(16,17)9-12-5-7-13(14)8-6-12/h5-8,10-11,15H,4,9H2,1-3H3. The second-order valence-corrected chi connectivity index (χ2v) is 7.28. The third-order valence-corrected chi connectivity index (χ3v) is 5.61. The zero-order valence-corrected chi connectivity index (χ0v) is 12.6. The van der Waals surface area contributed by atoms with Gasteiger partial charge in [0.2, 0.25) is 0 Å². The van der Waals surface area contributed by atoms with E-state index in [9.17, 15) is 8.42 Å². The maximum atomic E-state index is 12.2. The average Bonchev–Trinajstić information content (AvgIpc) is 2.31. The lowest BCUT2D eigenvalue weighted by molar-refractivity contribution is 0.520. The molecule has 3 nitrogen and oxygen atoms in total. The molecule has 18 heavy (non-hydrogen) atoms. The summed E-state index contributed by atoms with van der Waals surface area (Å²) < 4.78 is 24.5. The molecule has 102 valence electrons. The minimum Gasteiger partial charge on any atom is -0.313 e. The van der Waals surface area contributed by atoms with E-state index in [1.165, 1.54) is 0 Å². The minimum absolute atomic E-state index is 0.0488. The van der Waals surface area contributed by atoms with Gasteiger partial charge in [-0.25, -0.2) is 8.42 Å². The van der Waals surface area contributed by atoms with E-state index in [0.29, 0.717) is 5.02 Å². The summed E-state index contributed by atoms with van der Waals surface area (Å²) in [5.41, 5.74) is 0.773. The van der Waals surface area contributed by atoms with Crippen molar-refractivity contribution in [3.05, 3.63) is 34.9 Å². The van der Waals surface area contributed by atoms with Gasteiger partial charge in [0.05, 0.1) is 11.0 Å². The Morgan fingerprint density at radius 3 is 2.28 bits per heavy atom. The molecule has 1 aromatic rings. The number of hydrogen-bond donors (Lipinski definition) is 1. The van der Waals surface area contributed by atoms with Crippen LogP contribution in [0.2, 0.25) is 5.02 Å². The van der Waals surface area contributed by atoms with Crippen molar-refractivity contribution in [3.8, 4) is 0 Å². The normalized spacial score (nSPS) is 15.3. The third-order valence-electron chi connectivity index (χ3n) is 3.08. The molecule has 0 fully saturated rings. The Bertz CT molecular complexity index is 470. The topological polar surface area (TPSA) is 46.2 Å². The second kappa shape index (κ2) is 6.55. The summed E-state index contributed by atoms with van der Waals surface area (Å²) in [6, 6.07) is 6.89. The van der Waals surface area contributed by atoms with Crippen molar-refractivity contribution in [2.45, 2.75) is 37.8 Å². The van der Waals surface area contributed by atoms with Crippen LogP contribution in [-0.2, 0) is 15.6 Å². The number of sulfone groups is 1. The van der Waals surface area contributed by atoms with E-state index in [4.69, 9.17) is 11.6 Å². The van der Waals surface area contributed by atoms with Crippen molar-refractivity contribution in [2.75, 3.05) is 6.54 Å². The molecule has 0 aliphatic carbocycles. The summed E-state index contributed by atoms with van der Waals surface area (Å²) in [5, 5.41) is 3.35. The molecule has 0 amide bonds. The molecule has 5 heteroatoms.